The van der Waals surface area contributed by atoms with Gasteiger partial charge >= 0.3 is 0 Å². The fourth-order valence-electron chi connectivity index (χ4n) is 1.44. The first kappa shape index (κ1) is 8.97. The summed E-state index contributed by atoms with van der Waals surface area (Å²) in [6.07, 6.45) is 0. The van der Waals surface area contributed by atoms with Gasteiger partial charge in [-0.3, -0.25) is 0 Å². The molecule has 1 aromatic carbocycles. The molecule has 0 aliphatic carbocycles. The Hall–Kier alpha value is -0.610. The summed E-state index contributed by atoms with van der Waals surface area (Å²) in [6, 6.07) is 2.70. The van der Waals surface area contributed by atoms with Gasteiger partial charge in [-0.1, -0.05) is 0 Å². The number of hydrogen-bond acceptors (Lipinski definition) is 2. The molecule has 1 aliphatic rings. The van der Waals surface area contributed by atoms with Crippen molar-refractivity contribution >= 4 is 11.8 Å². The van der Waals surface area contributed by atoms with Crippen molar-refractivity contribution in [3.8, 4) is 0 Å². The van der Waals surface area contributed by atoms with E-state index < -0.39 is 11.6 Å². The van der Waals surface area contributed by atoms with Crippen LogP contribution in [0.25, 0.3) is 0 Å². The quantitative estimate of drug-likeness (QED) is 0.748. The third-order valence-electron chi connectivity index (χ3n) is 2.18. The second kappa shape index (κ2) is 3.27. The maximum Gasteiger partial charge on any atom is 0.159 e. The van der Waals surface area contributed by atoms with E-state index >= 15 is 0 Å². The van der Waals surface area contributed by atoms with Crippen LogP contribution in [0.1, 0.15) is 11.6 Å². The van der Waals surface area contributed by atoms with Gasteiger partial charge in [-0.15, -0.1) is 11.8 Å². The molecule has 70 valence electrons. The highest BCUT2D eigenvalue weighted by Gasteiger charge is 2.23. The smallest absolute Gasteiger partial charge is 0.159 e. The summed E-state index contributed by atoms with van der Waals surface area (Å²) < 4.78 is 25.7. The molecule has 1 nitrogen and oxygen atoms in total. The molecule has 1 heterocycles. The molecular weight excluding hydrogens is 192 g/mol. The van der Waals surface area contributed by atoms with Crippen LogP contribution in [0.2, 0.25) is 0 Å². The molecule has 4 heteroatoms. The monoisotopic (exact) mass is 201 g/mol. The molecule has 0 saturated carbocycles. The predicted molar refractivity (Wildman–Crippen MR) is 48.9 cm³/mol. The second-order valence-electron chi connectivity index (χ2n) is 2.96. The second-order valence-corrected chi connectivity index (χ2v) is 4.02. The third-order valence-corrected chi connectivity index (χ3v) is 3.35. The van der Waals surface area contributed by atoms with E-state index in [1.165, 1.54) is 12.1 Å². The topological polar surface area (TPSA) is 12.0 Å². The Kier molecular flexibility index (Phi) is 2.26. The van der Waals surface area contributed by atoms with Crippen LogP contribution < -0.4 is 5.32 Å². The van der Waals surface area contributed by atoms with Crippen LogP contribution in [0.15, 0.2) is 17.0 Å². The lowest BCUT2D eigenvalue weighted by Gasteiger charge is -2.08. The Morgan fingerprint density at radius 2 is 2.08 bits per heavy atom. The van der Waals surface area contributed by atoms with E-state index in [-0.39, 0.29) is 6.04 Å². The summed E-state index contributed by atoms with van der Waals surface area (Å²) in [5.74, 6) is -0.682. The zero-order valence-electron chi connectivity index (χ0n) is 7.10. The van der Waals surface area contributed by atoms with Gasteiger partial charge in [0.25, 0.3) is 0 Å². The standard InChI is InChI=1S/C9H9F2NS/c1-12-8-4-13-9-3-7(11)6(10)2-5(8)9/h2-3,8,12H,4H2,1H3. The highest BCUT2D eigenvalue weighted by Crippen LogP contribution is 2.38. The van der Waals surface area contributed by atoms with Crippen LogP contribution in [0, 0.1) is 11.6 Å². The summed E-state index contributed by atoms with van der Waals surface area (Å²) in [5, 5.41) is 3.06. The lowest BCUT2D eigenvalue weighted by molar-refractivity contribution is 0.501. The Bertz CT molecular complexity index is 341. The summed E-state index contributed by atoms with van der Waals surface area (Å²) in [4.78, 5) is 0.846. The van der Waals surface area contributed by atoms with E-state index in [0.717, 1.165) is 16.2 Å². The summed E-state index contributed by atoms with van der Waals surface area (Å²) >= 11 is 1.55. The highest BCUT2D eigenvalue weighted by atomic mass is 32.2. The van der Waals surface area contributed by atoms with Crippen molar-refractivity contribution in [2.45, 2.75) is 10.9 Å². The van der Waals surface area contributed by atoms with Gasteiger partial charge in [0.15, 0.2) is 11.6 Å². The van der Waals surface area contributed by atoms with Gasteiger partial charge < -0.3 is 5.32 Å². The number of rotatable bonds is 1. The predicted octanol–water partition coefficient (Wildman–Crippen LogP) is 2.33. The molecule has 1 aliphatic heterocycles. The largest absolute Gasteiger partial charge is 0.312 e. The molecule has 0 aromatic heterocycles. The van der Waals surface area contributed by atoms with Crippen LogP contribution in [-0.2, 0) is 0 Å². The van der Waals surface area contributed by atoms with E-state index in [9.17, 15) is 8.78 Å². The Balaban J connectivity index is 2.47. The molecule has 0 fully saturated rings. The Morgan fingerprint density at radius 1 is 1.38 bits per heavy atom. The van der Waals surface area contributed by atoms with Crippen molar-refractivity contribution < 1.29 is 8.78 Å². The van der Waals surface area contributed by atoms with Gasteiger partial charge in [-0.2, -0.15) is 0 Å². The maximum absolute atomic E-state index is 12.9. The van der Waals surface area contributed by atoms with Crippen LogP contribution in [0.5, 0.6) is 0 Å². The maximum atomic E-state index is 12.9. The Labute approximate surface area is 79.5 Å². The molecule has 1 unspecified atom stereocenters. The van der Waals surface area contributed by atoms with Crippen molar-refractivity contribution in [3.63, 3.8) is 0 Å². The van der Waals surface area contributed by atoms with Crippen molar-refractivity contribution in [1.29, 1.82) is 0 Å². The van der Waals surface area contributed by atoms with E-state index in [1.807, 2.05) is 7.05 Å². The molecule has 0 bridgehead atoms. The Morgan fingerprint density at radius 3 is 2.77 bits per heavy atom. The first-order valence-corrected chi connectivity index (χ1v) is 5.00. The van der Waals surface area contributed by atoms with Gasteiger partial charge in [-0.25, -0.2) is 8.78 Å². The molecule has 1 atom stereocenters. The fourth-order valence-corrected chi connectivity index (χ4v) is 2.69. The fraction of sp³-hybridized carbons (Fsp3) is 0.333. The van der Waals surface area contributed by atoms with E-state index in [1.54, 1.807) is 11.8 Å². The number of hydrogen-bond donors (Lipinski definition) is 1. The SMILES string of the molecule is CNC1CSc2cc(F)c(F)cc21. The number of nitrogens with one attached hydrogen (secondary N) is 1. The zero-order chi connectivity index (χ0) is 9.42. The van der Waals surface area contributed by atoms with E-state index in [2.05, 4.69) is 5.32 Å². The van der Waals surface area contributed by atoms with E-state index in [4.69, 9.17) is 0 Å². The van der Waals surface area contributed by atoms with Crippen LogP contribution in [0.4, 0.5) is 8.78 Å². The highest BCUT2D eigenvalue weighted by molar-refractivity contribution is 7.99. The minimum atomic E-state index is -0.762. The molecule has 0 radical (unpaired) electrons. The normalized spacial score (nSPS) is 20.4. The van der Waals surface area contributed by atoms with Gasteiger partial charge in [-0.05, 0) is 24.7 Å². The number of halogens is 2. The zero-order valence-corrected chi connectivity index (χ0v) is 7.92. The van der Waals surface area contributed by atoms with Crippen LogP contribution in [-0.4, -0.2) is 12.8 Å². The first-order chi connectivity index (χ1) is 6.22. The van der Waals surface area contributed by atoms with E-state index in [0.29, 0.717) is 0 Å². The van der Waals surface area contributed by atoms with Crippen molar-refractivity contribution in [3.05, 3.63) is 29.3 Å². The number of fused-ring (bicyclic) bond motifs is 1. The van der Waals surface area contributed by atoms with Crippen molar-refractivity contribution in [1.82, 2.24) is 5.32 Å². The molecule has 0 spiro atoms. The number of benzene rings is 1. The molecular formula is C9H9F2NS. The van der Waals surface area contributed by atoms with Gasteiger partial charge in [0.05, 0.1) is 0 Å². The van der Waals surface area contributed by atoms with Crippen LogP contribution in [0.3, 0.4) is 0 Å². The average molecular weight is 201 g/mol. The van der Waals surface area contributed by atoms with Gasteiger partial charge in [0.1, 0.15) is 0 Å². The van der Waals surface area contributed by atoms with Crippen LogP contribution >= 0.6 is 11.8 Å². The minimum Gasteiger partial charge on any atom is -0.312 e. The minimum absolute atomic E-state index is 0.148. The lowest BCUT2D eigenvalue weighted by atomic mass is 10.1. The molecule has 1 aromatic rings. The summed E-state index contributed by atoms with van der Waals surface area (Å²) in [5.41, 5.74) is 0.867. The summed E-state index contributed by atoms with van der Waals surface area (Å²) in [6.45, 7) is 0. The van der Waals surface area contributed by atoms with Crippen molar-refractivity contribution in [2.75, 3.05) is 12.8 Å². The van der Waals surface area contributed by atoms with Crippen molar-refractivity contribution in [2.24, 2.45) is 0 Å². The van der Waals surface area contributed by atoms with Gasteiger partial charge in [0.2, 0.25) is 0 Å². The third kappa shape index (κ3) is 1.44. The van der Waals surface area contributed by atoms with Gasteiger partial charge in [0, 0.05) is 16.7 Å². The number of thioether (sulfide) groups is 1. The molecule has 0 saturated heterocycles. The molecule has 2 rings (SSSR count). The summed E-state index contributed by atoms with van der Waals surface area (Å²) in [7, 11) is 1.82. The molecule has 1 N–H and O–H groups in total. The molecule has 0 amide bonds. The molecule has 13 heavy (non-hydrogen) atoms. The first-order valence-electron chi connectivity index (χ1n) is 4.01. The lowest BCUT2D eigenvalue weighted by Crippen LogP contribution is -2.15. The average Bonchev–Trinajstić information content (AvgIpc) is 2.48.